The number of hydrogen-bond donors (Lipinski definition) is 3. The first kappa shape index (κ1) is 25.7. The van der Waals surface area contributed by atoms with E-state index < -0.39 is 23.6 Å². The van der Waals surface area contributed by atoms with Gasteiger partial charge in [0.15, 0.2) is 11.7 Å². The lowest BCUT2D eigenvalue weighted by molar-refractivity contribution is -0.140. The Hall–Kier alpha value is -1.31. The fraction of sp³-hybridized carbons (Fsp3) is 0.667. The standard InChI is InChI=1S/C15H24F3N5O2S.HI/c1-5-19-12(20-6-7-21-13(24)25-14(2,3)4)22-8-11-23-10(9-26-11)15(16,17)18;/h9H,5-8H2,1-4H3,(H,21,24)(H2,19,20,22);1H. The summed E-state index contributed by atoms with van der Waals surface area (Å²) in [5.74, 6) is 0.419. The second-order valence-electron chi connectivity index (χ2n) is 6.17. The van der Waals surface area contributed by atoms with E-state index in [1.165, 1.54) is 0 Å². The Balaban J connectivity index is 0.00000676. The third kappa shape index (κ3) is 11.2. The van der Waals surface area contributed by atoms with Gasteiger partial charge in [-0.25, -0.2) is 14.8 Å². The van der Waals surface area contributed by atoms with Gasteiger partial charge in [0.1, 0.15) is 10.6 Å². The summed E-state index contributed by atoms with van der Waals surface area (Å²) in [5.41, 5.74) is -1.48. The number of guanidine groups is 1. The number of ether oxygens (including phenoxy) is 1. The monoisotopic (exact) mass is 523 g/mol. The molecule has 7 nitrogen and oxygen atoms in total. The van der Waals surface area contributed by atoms with Crippen molar-refractivity contribution in [1.29, 1.82) is 0 Å². The molecule has 0 bridgehead atoms. The van der Waals surface area contributed by atoms with Crippen molar-refractivity contribution in [3.8, 4) is 0 Å². The second kappa shape index (κ2) is 11.5. The lowest BCUT2D eigenvalue weighted by Gasteiger charge is -2.19. The molecule has 3 N–H and O–H groups in total. The highest BCUT2D eigenvalue weighted by Gasteiger charge is 2.33. The average molecular weight is 523 g/mol. The molecule has 156 valence electrons. The lowest BCUT2D eigenvalue weighted by atomic mass is 10.2. The summed E-state index contributed by atoms with van der Waals surface area (Å²) in [7, 11) is 0. The molecule has 12 heteroatoms. The van der Waals surface area contributed by atoms with E-state index in [1.54, 1.807) is 20.8 Å². The summed E-state index contributed by atoms with van der Waals surface area (Å²) >= 11 is 0.907. The summed E-state index contributed by atoms with van der Waals surface area (Å²) in [5, 5.41) is 9.76. The molecule has 1 heterocycles. The first-order valence-electron chi connectivity index (χ1n) is 8.02. The van der Waals surface area contributed by atoms with Crippen LogP contribution < -0.4 is 16.0 Å². The molecule has 0 aliphatic heterocycles. The van der Waals surface area contributed by atoms with E-state index in [1.807, 2.05) is 6.92 Å². The second-order valence-corrected chi connectivity index (χ2v) is 7.12. The van der Waals surface area contributed by atoms with E-state index in [0.717, 1.165) is 16.7 Å². The molecule has 0 atom stereocenters. The van der Waals surface area contributed by atoms with E-state index in [4.69, 9.17) is 4.74 Å². The molecule has 1 rings (SSSR count). The Morgan fingerprint density at radius 3 is 2.37 bits per heavy atom. The molecule has 0 unspecified atom stereocenters. The van der Waals surface area contributed by atoms with Crippen LogP contribution >= 0.6 is 35.3 Å². The minimum absolute atomic E-state index is 0. The van der Waals surface area contributed by atoms with Crippen molar-refractivity contribution in [3.63, 3.8) is 0 Å². The summed E-state index contributed by atoms with van der Waals surface area (Å²) in [6, 6.07) is 0. The number of thiazole rings is 1. The SMILES string of the molecule is CCNC(=NCc1nc(C(F)(F)F)cs1)NCCNC(=O)OC(C)(C)C.I. The topological polar surface area (TPSA) is 87.6 Å². The zero-order chi connectivity index (χ0) is 19.8. The lowest BCUT2D eigenvalue weighted by Crippen LogP contribution is -2.42. The zero-order valence-corrected chi connectivity index (χ0v) is 18.7. The highest BCUT2D eigenvalue weighted by Crippen LogP contribution is 2.30. The van der Waals surface area contributed by atoms with Gasteiger partial charge in [-0.05, 0) is 27.7 Å². The van der Waals surface area contributed by atoms with Gasteiger partial charge in [0.2, 0.25) is 0 Å². The van der Waals surface area contributed by atoms with Gasteiger partial charge in [-0.1, -0.05) is 0 Å². The normalized spacial score (nSPS) is 12.2. The Morgan fingerprint density at radius 1 is 1.22 bits per heavy atom. The predicted octanol–water partition coefficient (Wildman–Crippen LogP) is 3.36. The number of alkyl carbamates (subject to hydrolysis) is 1. The van der Waals surface area contributed by atoms with Crippen molar-refractivity contribution in [3.05, 3.63) is 16.1 Å². The van der Waals surface area contributed by atoms with Gasteiger partial charge >= 0.3 is 12.3 Å². The van der Waals surface area contributed by atoms with Gasteiger partial charge < -0.3 is 20.7 Å². The maximum atomic E-state index is 12.5. The van der Waals surface area contributed by atoms with Crippen LogP contribution in [0.1, 0.15) is 38.4 Å². The fourth-order valence-corrected chi connectivity index (χ4v) is 2.39. The van der Waals surface area contributed by atoms with Crippen LogP contribution in [0.2, 0.25) is 0 Å². The quantitative estimate of drug-likeness (QED) is 0.231. The largest absolute Gasteiger partial charge is 0.444 e. The van der Waals surface area contributed by atoms with Crippen LogP contribution in [0.15, 0.2) is 10.4 Å². The van der Waals surface area contributed by atoms with Crippen molar-refractivity contribution in [2.75, 3.05) is 19.6 Å². The molecule has 0 spiro atoms. The maximum Gasteiger partial charge on any atom is 0.434 e. The third-order valence-electron chi connectivity index (χ3n) is 2.64. The smallest absolute Gasteiger partial charge is 0.434 e. The van der Waals surface area contributed by atoms with E-state index in [9.17, 15) is 18.0 Å². The van der Waals surface area contributed by atoms with Gasteiger partial charge in [0.05, 0.1) is 6.54 Å². The van der Waals surface area contributed by atoms with Crippen LogP contribution in [-0.4, -0.2) is 42.3 Å². The molecule has 0 fully saturated rings. The van der Waals surface area contributed by atoms with Crippen LogP contribution in [0.25, 0.3) is 0 Å². The number of nitrogens with one attached hydrogen (secondary N) is 3. The Labute approximate surface area is 177 Å². The van der Waals surface area contributed by atoms with Crippen LogP contribution in [-0.2, 0) is 17.5 Å². The molecule has 1 aromatic rings. The Bertz CT molecular complexity index is 617. The summed E-state index contributed by atoms with van der Waals surface area (Å²) in [6.45, 7) is 8.44. The fourth-order valence-electron chi connectivity index (χ4n) is 1.66. The van der Waals surface area contributed by atoms with Gasteiger partial charge in [-0.3, -0.25) is 0 Å². The molecule has 0 aromatic carbocycles. The highest BCUT2D eigenvalue weighted by molar-refractivity contribution is 14.0. The van der Waals surface area contributed by atoms with Gasteiger partial charge in [-0.2, -0.15) is 13.2 Å². The number of aromatic nitrogens is 1. The summed E-state index contributed by atoms with van der Waals surface area (Å²) in [6.07, 6.45) is -4.97. The van der Waals surface area contributed by atoms with E-state index in [-0.39, 0.29) is 35.5 Å². The van der Waals surface area contributed by atoms with E-state index >= 15 is 0 Å². The van der Waals surface area contributed by atoms with E-state index in [2.05, 4.69) is 25.9 Å². The first-order chi connectivity index (χ1) is 12.0. The Morgan fingerprint density at radius 2 is 1.85 bits per heavy atom. The molecule has 0 radical (unpaired) electrons. The molecule has 0 saturated heterocycles. The number of alkyl halides is 3. The average Bonchev–Trinajstić information content (AvgIpc) is 2.96. The summed E-state index contributed by atoms with van der Waals surface area (Å²) in [4.78, 5) is 19.2. The van der Waals surface area contributed by atoms with Crippen molar-refractivity contribution >= 4 is 47.4 Å². The number of carbonyl (C=O) groups excluding carboxylic acids is 1. The molecule has 0 saturated carbocycles. The first-order valence-corrected chi connectivity index (χ1v) is 8.90. The predicted molar refractivity (Wildman–Crippen MR) is 110 cm³/mol. The molecule has 0 aliphatic rings. The molecule has 1 amide bonds. The van der Waals surface area contributed by atoms with Crippen LogP contribution in [0.4, 0.5) is 18.0 Å². The van der Waals surface area contributed by atoms with Crippen molar-refractivity contribution in [1.82, 2.24) is 20.9 Å². The molecular formula is C15H25F3IN5O2S. The number of aliphatic imine (C=N–C) groups is 1. The van der Waals surface area contributed by atoms with Crippen molar-refractivity contribution in [2.45, 2.75) is 46.0 Å². The van der Waals surface area contributed by atoms with Crippen molar-refractivity contribution in [2.24, 2.45) is 4.99 Å². The molecule has 0 aliphatic carbocycles. The third-order valence-corrected chi connectivity index (χ3v) is 3.48. The zero-order valence-electron chi connectivity index (χ0n) is 15.6. The van der Waals surface area contributed by atoms with Gasteiger partial charge in [0.25, 0.3) is 0 Å². The molecule has 1 aromatic heterocycles. The number of amides is 1. The van der Waals surface area contributed by atoms with Crippen molar-refractivity contribution < 1.29 is 22.7 Å². The number of carbonyl (C=O) groups is 1. The van der Waals surface area contributed by atoms with Crippen LogP contribution in [0.5, 0.6) is 0 Å². The van der Waals surface area contributed by atoms with E-state index in [0.29, 0.717) is 25.6 Å². The van der Waals surface area contributed by atoms with Crippen LogP contribution in [0.3, 0.4) is 0 Å². The molecule has 27 heavy (non-hydrogen) atoms. The Kier molecular flexibility index (Phi) is 11.0. The number of hydrogen-bond acceptors (Lipinski definition) is 5. The molecular weight excluding hydrogens is 498 g/mol. The summed E-state index contributed by atoms with van der Waals surface area (Å²) < 4.78 is 42.7. The number of rotatable bonds is 6. The highest BCUT2D eigenvalue weighted by atomic mass is 127. The van der Waals surface area contributed by atoms with Gasteiger partial charge in [-0.15, -0.1) is 35.3 Å². The number of nitrogens with zero attached hydrogens (tertiary/aromatic N) is 2. The van der Waals surface area contributed by atoms with Crippen LogP contribution in [0, 0.1) is 0 Å². The number of halogens is 4. The minimum Gasteiger partial charge on any atom is -0.444 e. The maximum absolute atomic E-state index is 12.5. The minimum atomic E-state index is -4.45. The van der Waals surface area contributed by atoms with Gasteiger partial charge in [0, 0.05) is 25.0 Å².